The van der Waals surface area contributed by atoms with E-state index in [2.05, 4.69) is 34.3 Å². The first-order chi connectivity index (χ1) is 16.0. The van der Waals surface area contributed by atoms with Crippen LogP contribution in [0.5, 0.6) is 17.2 Å². The Kier molecular flexibility index (Phi) is 7.20. The van der Waals surface area contributed by atoms with Gasteiger partial charge in [-0.3, -0.25) is 0 Å². The summed E-state index contributed by atoms with van der Waals surface area (Å²) in [4.78, 5) is 11.4. The number of thiophene rings is 1. The van der Waals surface area contributed by atoms with Crippen molar-refractivity contribution in [3.05, 3.63) is 58.2 Å². The fourth-order valence-electron chi connectivity index (χ4n) is 3.53. The molecule has 0 amide bonds. The summed E-state index contributed by atoms with van der Waals surface area (Å²) in [5, 5.41) is 5.03. The summed E-state index contributed by atoms with van der Waals surface area (Å²) in [6.45, 7) is 5.26. The fraction of sp³-hybridized carbons (Fsp3) is 0.280. The minimum Gasteiger partial charge on any atom is -0.493 e. The Morgan fingerprint density at radius 3 is 2.52 bits per heavy atom. The lowest BCUT2D eigenvalue weighted by molar-refractivity contribution is 0.319. The number of hydrogen-bond donors (Lipinski definition) is 1. The van der Waals surface area contributed by atoms with Crippen LogP contribution in [0.25, 0.3) is 21.3 Å². The summed E-state index contributed by atoms with van der Waals surface area (Å²) in [5.41, 5.74) is 1.80. The highest BCUT2D eigenvalue weighted by Crippen LogP contribution is 2.38. The van der Waals surface area contributed by atoms with Gasteiger partial charge in [0.1, 0.15) is 17.4 Å². The zero-order valence-electron chi connectivity index (χ0n) is 19.1. The number of rotatable bonds is 9. The molecule has 2 heterocycles. The molecular formula is C25H26ClN3O3S. The minimum absolute atomic E-state index is 0.621. The molecule has 1 N–H and O–H groups in total. The van der Waals surface area contributed by atoms with Crippen molar-refractivity contribution in [2.24, 2.45) is 0 Å². The van der Waals surface area contributed by atoms with Crippen LogP contribution in [0.2, 0.25) is 5.02 Å². The highest BCUT2D eigenvalue weighted by Gasteiger charge is 2.14. The molecule has 33 heavy (non-hydrogen) atoms. The lowest BCUT2D eigenvalue weighted by Gasteiger charge is -2.13. The first kappa shape index (κ1) is 23.1. The molecule has 2 aromatic carbocycles. The molecule has 0 unspecified atom stereocenters. The normalized spacial score (nSPS) is 10.9. The molecule has 4 aromatic rings. The number of aromatic nitrogens is 2. The van der Waals surface area contributed by atoms with Crippen LogP contribution in [0.3, 0.4) is 0 Å². The van der Waals surface area contributed by atoms with Gasteiger partial charge in [-0.1, -0.05) is 18.5 Å². The maximum Gasteiger partial charge on any atom is 0.162 e. The van der Waals surface area contributed by atoms with Crippen LogP contribution in [-0.4, -0.2) is 30.8 Å². The van der Waals surface area contributed by atoms with Crippen LogP contribution in [0.4, 0.5) is 5.82 Å². The molecule has 6 nitrogen and oxygen atoms in total. The summed E-state index contributed by atoms with van der Waals surface area (Å²) >= 11 is 7.96. The van der Waals surface area contributed by atoms with E-state index < -0.39 is 0 Å². The Morgan fingerprint density at radius 2 is 1.76 bits per heavy atom. The standard InChI is InChI=1S/C25H26ClN3O3S/c1-5-10-32-21-8-6-16(26)11-19(21)24-9-7-17(33-24)14-27-25-18-12-22(30-3)23(31-4)13-20(18)28-15(2)29-25/h6-9,11-13H,5,10,14H2,1-4H3,(H,27,28,29). The van der Waals surface area contributed by atoms with Crippen molar-refractivity contribution in [1.82, 2.24) is 9.97 Å². The number of methoxy groups -OCH3 is 2. The van der Waals surface area contributed by atoms with Gasteiger partial charge < -0.3 is 19.5 Å². The maximum atomic E-state index is 6.27. The predicted octanol–water partition coefficient (Wildman–Crippen LogP) is 6.74. The van der Waals surface area contributed by atoms with Gasteiger partial charge in [0.05, 0.1) is 32.9 Å². The number of nitrogens with zero attached hydrogens (tertiary/aromatic N) is 2. The van der Waals surface area contributed by atoms with Gasteiger partial charge in [-0.05, 0) is 49.7 Å². The lowest BCUT2D eigenvalue weighted by Crippen LogP contribution is -2.04. The van der Waals surface area contributed by atoms with Gasteiger partial charge in [0.25, 0.3) is 0 Å². The van der Waals surface area contributed by atoms with Crippen LogP contribution in [0.15, 0.2) is 42.5 Å². The molecule has 0 aliphatic heterocycles. The second kappa shape index (κ2) is 10.3. The lowest BCUT2D eigenvalue weighted by atomic mass is 10.1. The van der Waals surface area contributed by atoms with Crippen molar-refractivity contribution in [3.8, 4) is 27.7 Å². The Balaban J connectivity index is 1.60. The van der Waals surface area contributed by atoms with Gasteiger partial charge in [0, 0.05) is 31.8 Å². The molecule has 2 aromatic heterocycles. The summed E-state index contributed by atoms with van der Waals surface area (Å²) in [5.74, 6) is 3.56. The van der Waals surface area contributed by atoms with E-state index in [0.717, 1.165) is 44.2 Å². The summed E-state index contributed by atoms with van der Waals surface area (Å²) in [7, 11) is 3.23. The van der Waals surface area contributed by atoms with Gasteiger partial charge in [0.15, 0.2) is 11.5 Å². The first-order valence-corrected chi connectivity index (χ1v) is 11.9. The molecule has 0 aliphatic carbocycles. The van der Waals surface area contributed by atoms with Crippen LogP contribution in [0, 0.1) is 6.92 Å². The molecule has 4 rings (SSSR count). The van der Waals surface area contributed by atoms with Gasteiger partial charge in [0.2, 0.25) is 0 Å². The Hall–Kier alpha value is -3.03. The molecule has 0 atom stereocenters. The zero-order chi connectivity index (χ0) is 23.4. The van der Waals surface area contributed by atoms with Crippen molar-refractivity contribution < 1.29 is 14.2 Å². The number of benzene rings is 2. The number of fused-ring (bicyclic) bond motifs is 1. The minimum atomic E-state index is 0.621. The van der Waals surface area contributed by atoms with E-state index in [1.165, 1.54) is 0 Å². The van der Waals surface area contributed by atoms with Crippen molar-refractivity contribution in [3.63, 3.8) is 0 Å². The number of hydrogen-bond acceptors (Lipinski definition) is 7. The second-order valence-corrected chi connectivity index (χ2v) is 9.06. The molecule has 0 radical (unpaired) electrons. The molecule has 8 heteroatoms. The van der Waals surface area contributed by atoms with Crippen molar-refractivity contribution >= 4 is 39.7 Å². The maximum absolute atomic E-state index is 6.27. The molecule has 0 bridgehead atoms. The quantitative estimate of drug-likeness (QED) is 0.284. The number of anilines is 1. The smallest absolute Gasteiger partial charge is 0.162 e. The van der Waals surface area contributed by atoms with E-state index >= 15 is 0 Å². The summed E-state index contributed by atoms with van der Waals surface area (Å²) < 4.78 is 16.8. The molecular weight excluding hydrogens is 458 g/mol. The fourth-order valence-corrected chi connectivity index (χ4v) is 4.67. The van der Waals surface area contributed by atoms with Crippen molar-refractivity contribution in [2.75, 3.05) is 26.1 Å². The van der Waals surface area contributed by atoms with Crippen molar-refractivity contribution in [1.29, 1.82) is 0 Å². The van der Waals surface area contributed by atoms with E-state index in [-0.39, 0.29) is 0 Å². The molecule has 0 spiro atoms. The average molecular weight is 484 g/mol. The SMILES string of the molecule is CCCOc1ccc(Cl)cc1-c1ccc(CNc2nc(C)nc3cc(OC)c(OC)cc23)s1. The Labute approximate surface area is 202 Å². The third kappa shape index (κ3) is 5.15. The Morgan fingerprint density at radius 1 is 0.970 bits per heavy atom. The topological polar surface area (TPSA) is 65.5 Å². The van der Waals surface area contributed by atoms with E-state index in [4.69, 9.17) is 25.8 Å². The highest BCUT2D eigenvalue weighted by molar-refractivity contribution is 7.15. The van der Waals surface area contributed by atoms with Crippen LogP contribution < -0.4 is 19.5 Å². The van der Waals surface area contributed by atoms with E-state index in [0.29, 0.717) is 35.5 Å². The Bertz CT molecular complexity index is 1280. The number of aryl methyl sites for hydroxylation is 1. The first-order valence-electron chi connectivity index (χ1n) is 10.7. The molecule has 0 saturated heterocycles. The zero-order valence-corrected chi connectivity index (χ0v) is 20.6. The number of nitrogens with one attached hydrogen (secondary N) is 1. The van der Waals surface area contributed by atoms with Crippen molar-refractivity contribution in [2.45, 2.75) is 26.8 Å². The van der Waals surface area contributed by atoms with Gasteiger partial charge in [-0.2, -0.15) is 0 Å². The van der Waals surface area contributed by atoms with Crippen LogP contribution >= 0.6 is 22.9 Å². The highest BCUT2D eigenvalue weighted by atomic mass is 35.5. The average Bonchev–Trinajstić information content (AvgIpc) is 3.29. The molecule has 0 aliphatic rings. The largest absolute Gasteiger partial charge is 0.493 e. The summed E-state index contributed by atoms with van der Waals surface area (Å²) in [6.07, 6.45) is 0.949. The van der Waals surface area contributed by atoms with Gasteiger partial charge in [-0.25, -0.2) is 9.97 Å². The van der Waals surface area contributed by atoms with E-state index in [9.17, 15) is 0 Å². The second-order valence-electron chi connectivity index (χ2n) is 7.45. The predicted molar refractivity (Wildman–Crippen MR) is 135 cm³/mol. The third-order valence-corrected chi connectivity index (χ3v) is 6.43. The van der Waals surface area contributed by atoms with Gasteiger partial charge in [-0.15, -0.1) is 11.3 Å². The number of ether oxygens (including phenoxy) is 3. The van der Waals surface area contributed by atoms with Crippen LogP contribution in [0.1, 0.15) is 24.0 Å². The van der Waals surface area contributed by atoms with Crippen LogP contribution in [-0.2, 0) is 6.54 Å². The molecule has 0 saturated carbocycles. The van der Waals surface area contributed by atoms with Gasteiger partial charge >= 0.3 is 0 Å². The van der Waals surface area contributed by atoms with E-state index in [1.54, 1.807) is 25.6 Å². The van der Waals surface area contributed by atoms with E-state index in [1.807, 2.05) is 37.3 Å². The summed E-state index contributed by atoms with van der Waals surface area (Å²) in [6, 6.07) is 13.7. The molecule has 172 valence electrons. The molecule has 0 fully saturated rings. The third-order valence-electron chi connectivity index (χ3n) is 5.07. The number of halogens is 1. The monoisotopic (exact) mass is 483 g/mol.